The summed E-state index contributed by atoms with van der Waals surface area (Å²) in [5, 5.41) is 15.5. The SMILES string of the molecule is CC1(C)c2ccc(-c3cccc(-c4c5ccccc5c(-c5cc6ccccc6c6ccccc56)c5ccccc45)c3)cc2-c2c1c1ccccc1c1ccccc21. The van der Waals surface area contributed by atoms with E-state index in [1.165, 1.54) is 120 Å². The monoisotopic (exact) mass is 722 g/mol. The topological polar surface area (TPSA) is 0 Å². The van der Waals surface area contributed by atoms with Crippen molar-refractivity contribution in [3.05, 3.63) is 205 Å². The molecular formula is C57H38. The number of benzene rings is 11. The van der Waals surface area contributed by atoms with Crippen molar-refractivity contribution in [2.45, 2.75) is 19.3 Å². The van der Waals surface area contributed by atoms with E-state index in [1.54, 1.807) is 0 Å². The van der Waals surface area contributed by atoms with Crippen molar-refractivity contribution in [3.63, 3.8) is 0 Å². The van der Waals surface area contributed by atoms with Gasteiger partial charge in [0.15, 0.2) is 0 Å². The van der Waals surface area contributed by atoms with E-state index in [0.29, 0.717) is 0 Å². The van der Waals surface area contributed by atoms with Crippen molar-refractivity contribution in [1.82, 2.24) is 0 Å². The van der Waals surface area contributed by atoms with Crippen LogP contribution in [0.15, 0.2) is 194 Å². The van der Waals surface area contributed by atoms with Crippen LogP contribution in [0.4, 0.5) is 0 Å². The van der Waals surface area contributed by atoms with E-state index in [4.69, 9.17) is 0 Å². The van der Waals surface area contributed by atoms with Crippen molar-refractivity contribution in [2.75, 3.05) is 0 Å². The fraction of sp³-hybridized carbons (Fsp3) is 0.0526. The summed E-state index contributed by atoms with van der Waals surface area (Å²) in [7, 11) is 0. The van der Waals surface area contributed by atoms with Crippen LogP contribution in [-0.2, 0) is 5.41 Å². The van der Waals surface area contributed by atoms with Gasteiger partial charge in [0.25, 0.3) is 0 Å². The predicted molar refractivity (Wildman–Crippen MR) is 245 cm³/mol. The summed E-state index contributed by atoms with van der Waals surface area (Å²) in [5.41, 5.74) is 13.0. The molecule has 0 N–H and O–H groups in total. The van der Waals surface area contributed by atoms with E-state index in [0.717, 1.165) is 0 Å². The molecule has 0 atom stereocenters. The highest BCUT2D eigenvalue weighted by Gasteiger charge is 2.38. The lowest BCUT2D eigenvalue weighted by Crippen LogP contribution is -2.15. The molecule has 11 aromatic rings. The second kappa shape index (κ2) is 12.0. The molecule has 0 heterocycles. The highest BCUT2D eigenvalue weighted by atomic mass is 14.4. The van der Waals surface area contributed by atoms with Gasteiger partial charge in [-0.15, -0.1) is 0 Å². The average molecular weight is 723 g/mol. The fourth-order valence-electron chi connectivity index (χ4n) is 10.5. The summed E-state index contributed by atoms with van der Waals surface area (Å²) in [6.07, 6.45) is 0. The Morgan fingerprint density at radius 1 is 0.281 bits per heavy atom. The van der Waals surface area contributed by atoms with Gasteiger partial charge in [-0.2, -0.15) is 0 Å². The van der Waals surface area contributed by atoms with Crippen LogP contribution in [0, 0.1) is 0 Å². The van der Waals surface area contributed by atoms with E-state index in [1.807, 2.05) is 0 Å². The summed E-state index contributed by atoms with van der Waals surface area (Å²) in [6, 6.07) is 72.6. The van der Waals surface area contributed by atoms with Crippen LogP contribution in [-0.4, -0.2) is 0 Å². The number of hydrogen-bond donors (Lipinski definition) is 0. The van der Waals surface area contributed by atoms with Crippen LogP contribution in [0.3, 0.4) is 0 Å². The zero-order chi connectivity index (χ0) is 37.8. The van der Waals surface area contributed by atoms with Crippen molar-refractivity contribution >= 4 is 64.6 Å². The smallest absolute Gasteiger partial charge is 0.0165 e. The highest BCUT2D eigenvalue weighted by Crippen LogP contribution is 2.55. The third-order valence-electron chi connectivity index (χ3n) is 13.0. The average Bonchev–Trinajstić information content (AvgIpc) is 3.51. The van der Waals surface area contributed by atoms with Crippen molar-refractivity contribution < 1.29 is 0 Å². The second-order valence-electron chi connectivity index (χ2n) is 16.3. The normalized spacial score (nSPS) is 13.2. The molecule has 11 aromatic carbocycles. The summed E-state index contributed by atoms with van der Waals surface area (Å²) in [4.78, 5) is 0. The van der Waals surface area contributed by atoms with Crippen molar-refractivity contribution in [3.8, 4) is 44.5 Å². The molecule has 0 bridgehead atoms. The van der Waals surface area contributed by atoms with Crippen LogP contribution < -0.4 is 0 Å². The van der Waals surface area contributed by atoms with Gasteiger partial charge in [-0.1, -0.05) is 190 Å². The maximum Gasteiger partial charge on any atom is 0.0165 e. The molecule has 0 nitrogen and oxygen atoms in total. The van der Waals surface area contributed by atoms with E-state index >= 15 is 0 Å². The minimum atomic E-state index is -0.120. The summed E-state index contributed by atoms with van der Waals surface area (Å²) >= 11 is 0. The molecule has 0 fully saturated rings. The molecule has 1 aliphatic rings. The Morgan fingerprint density at radius 3 is 1.39 bits per heavy atom. The molecule has 57 heavy (non-hydrogen) atoms. The first-order chi connectivity index (χ1) is 28.1. The molecule has 0 aromatic heterocycles. The van der Waals surface area contributed by atoms with Gasteiger partial charge in [0.2, 0.25) is 0 Å². The zero-order valence-corrected chi connectivity index (χ0v) is 32.0. The van der Waals surface area contributed by atoms with Gasteiger partial charge in [0, 0.05) is 5.41 Å². The Kier molecular flexibility index (Phi) is 6.78. The van der Waals surface area contributed by atoms with E-state index in [9.17, 15) is 0 Å². The lowest BCUT2D eigenvalue weighted by atomic mass is 9.79. The molecule has 0 heteroatoms. The molecule has 0 spiro atoms. The van der Waals surface area contributed by atoms with Gasteiger partial charge in [-0.3, -0.25) is 0 Å². The Morgan fingerprint density at radius 2 is 0.737 bits per heavy atom. The number of rotatable bonds is 3. The molecule has 266 valence electrons. The zero-order valence-electron chi connectivity index (χ0n) is 32.0. The fourth-order valence-corrected chi connectivity index (χ4v) is 10.5. The van der Waals surface area contributed by atoms with Crippen molar-refractivity contribution in [2.24, 2.45) is 0 Å². The predicted octanol–water partition coefficient (Wildman–Crippen LogP) is 15.9. The van der Waals surface area contributed by atoms with Crippen LogP contribution >= 0.6 is 0 Å². The molecule has 0 aliphatic heterocycles. The van der Waals surface area contributed by atoms with Gasteiger partial charge in [-0.25, -0.2) is 0 Å². The first-order valence-corrected chi connectivity index (χ1v) is 20.1. The molecule has 12 rings (SSSR count). The molecule has 0 saturated carbocycles. The van der Waals surface area contributed by atoms with Gasteiger partial charge in [0.1, 0.15) is 0 Å². The van der Waals surface area contributed by atoms with Gasteiger partial charge in [-0.05, 0) is 138 Å². The summed E-state index contributed by atoms with van der Waals surface area (Å²) in [6.45, 7) is 4.81. The van der Waals surface area contributed by atoms with Crippen LogP contribution in [0.2, 0.25) is 0 Å². The quantitative estimate of drug-likeness (QED) is 0.126. The first-order valence-electron chi connectivity index (χ1n) is 20.1. The minimum absolute atomic E-state index is 0.120. The minimum Gasteiger partial charge on any atom is -0.0616 e. The third kappa shape index (κ3) is 4.56. The number of fused-ring (bicyclic) bond motifs is 13. The van der Waals surface area contributed by atoms with E-state index in [2.05, 4.69) is 208 Å². The molecule has 0 saturated heterocycles. The van der Waals surface area contributed by atoms with Gasteiger partial charge < -0.3 is 0 Å². The van der Waals surface area contributed by atoms with Gasteiger partial charge in [0.05, 0.1) is 0 Å². The molecular weight excluding hydrogens is 685 g/mol. The lowest BCUT2D eigenvalue weighted by Gasteiger charge is -2.24. The molecule has 1 aliphatic carbocycles. The molecule has 0 amide bonds. The largest absolute Gasteiger partial charge is 0.0616 e. The summed E-state index contributed by atoms with van der Waals surface area (Å²) in [5.74, 6) is 0. The Balaban J connectivity index is 1.08. The Labute approximate surface area is 332 Å². The first kappa shape index (κ1) is 32.2. The van der Waals surface area contributed by atoms with Crippen molar-refractivity contribution in [1.29, 1.82) is 0 Å². The second-order valence-corrected chi connectivity index (χ2v) is 16.3. The standard InChI is InChI=1S/C57H38/c1-57(2)52-31-30-36(33-51(52)55-44-24-9-7-21-41(44)42-22-8-14-29-49(42)56(55)57)35-17-15-18-38(32-35)53-45-25-10-12-27-47(45)54(48-28-13-11-26-46(48)53)50-34-37-16-3-4-19-39(37)40-20-5-6-23-43(40)50/h3-34H,1-2H3. The Hall–Kier alpha value is -7.02. The van der Waals surface area contributed by atoms with Crippen LogP contribution in [0.1, 0.15) is 25.0 Å². The molecule has 0 radical (unpaired) electrons. The van der Waals surface area contributed by atoms with Gasteiger partial charge >= 0.3 is 0 Å². The summed E-state index contributed by atoms with van der Waals surface area (Å²) < 4.78 is 0. The van der Waals surface area contributed by atoms with Crippen LogP contribution in [0.5, 0.6) is 0 Å². The number of hydrogen-bond acceptors (Lipinski definition) is 0. The maximum absolute atomic E-state index is 2.47. The van der Waals surface area contributed by atoms with E-state index < -0.39 is 0 Å². The lowest BCUT2D eigenvalue weighted by molar-refractivity contribution is 0.666. The Bertz CT molecular complexity index is 3430. The highest BCUT2D eigenvalue weighted by molar-refractivity contribution is 6.26. The maximum atomic E-state index is 2.47. The molecule has 0 unspecified atom stereocenters. The third-order valence-corrected chi connectivity index (χ3v) is 13.0. The van der Waals surface area contributed by atoms with E-state index in [-0.39, 0.29) is 5.41 Å². The van der Waals surface area contributed by atoms with Crippen LogP contribution in [0.25, 0.3) is 109 Å².